The van der Waals surface area contributed by atoms with E-state index in [4.69, 9.17) is 17.3 Å². The number of hydrogen-bond acceptors (Lipinski definition) is 9. The van der Waals surface area contributed by atoms with Crippen molar-refractivity contribution in [3.05, 3.63) is 18.5 Å². The summed E-state index contributed by atoms with van der Waals surface area (Å²) in [6.45, 7) is 2.52. The molecule has 30 heavy (non-hydrogen) atoms. The fourth-order valence-electron chi connectivity index (χ4n) is 4.69. The number of fused-ring (bicyclic) bond motifs is 1. The number of amides is 1. The lowest BCUT2D eigenvalue weighted by atomic mass is 10.00. The molecule has 4 rings (SSSR count). The lowest BCUT2D eigenvalue weighted by molar-refractivity contribution is -0.121. The molecular formula is C19H31ClN8O2. The van der Waals surface area contributed by atoms with E-state index in [0.717, 1.165) is 18.7 Å². The van der Waals surface area contributed by atoms with Gasteiger partial charge in [-0.25, -0.2) is 10.4 Å². The van der Waals surface area contributed by atoms with E-state index >= 15 is 0 Å². The quantitative estimate of drug-likeness (QED) is 0.368. The summed E-state index contributed by atoms with van der Waals surface area (Å²) in [5.74, 6) is -0.659. The van der Waals surface area contributed by atoms with Gasteiger partial charge in [-0.15, -0.1) is 11.6 Å². The molecule has 0 saturated carbocycles. The standard InChI is InChI=1S/C19H31ClN8O2/c1-26(2)14-4-6-27(10-15(14)29)13-3-5-22-8-12(13)24-19(30)16-17(21)25-28-9-11(20)7-23-18(16)28/h3,5,8,11,14-18,23,25,29H,4,6-7,9-10,21H2,1-2H3,(H,24,30)/t11?,14-,15-,16?,17?,18?/m0/s1. The number of likely N-dealkylation sites (N-methyl/N-ethyl adjacent to an activating group) is 1. The van der Waals surface area contributed by atoms with Gasteiger partial charge in [0.1, 0.15) is 0 Å². The van der Waals surface area contributed by atoms with Gasteiger partial charge in [0.05, 0.1) is 47.3 Å². The van der Waals surface area contributed by atoms with Gasteiger partial charge in [-0.3, -0.25) is 15.1 Å². The number of halogens is 1. The zero-order valence-corrected chi connectivity index (χ0v) is 18.1. The lowest BCUT2D eigenvalue weighted by Crippen LogP contribution is -2.58. The van der Waals surface area contributed by atoms with Crippen LogP contribution in [0, 0.1) is 5.92 Å². The van der Waals surface area contributed by atoms with Crippen LogP contribution in [0.25, 0.3) is 0 Å². The first kappa shape index (κ1) is 21.7. The Labute approximate surface area is 181 Å². The van der Waals surface area contributed by atoms with Crippen molar-refractivity contribution >= 4 is 28.9 Å². The van der Waals surface area contributed by atoms with Gasteiger partial charge >= 0.3 is 0 Å². The van der Waals surface area contributed by atoms with Crippen molar-refractivity contribution in [3.63, 3.8) is 0 Å². The van der Waals surface area contributed by atoms with Gasteiger partial charge in [0.15, 0.2) is 0 Å². The number of anilines is 2. The summed E-state index contributed by atoms with van der Waals surface area (Å²) in [5, 5.41) is 18.8. The van der Waals surface area contributed by atoms with E-state index in [1.54, 1.807) is 12.4 Å². The number of nitrogens with two attached hydrogens (primary N) is 1. The third-order valence-corrected chi connectivity index (χ3v) is 6.52. The first-order valence-corrected chi connectivity index (χ1v) is 10.8. The summed E-state index contributed by atoms with van der Waals surface area (Å²) in [7, 11) is 3.96. The van der Waals surface area contributed by atoms with Crippen molar-refractivity contribution < 1.29 is 9.90 Å². The van der Waals surface area contributed by atoms with Crippen LogP contribution in [0.2, 0.25) is 0 Å². The molecule has 4 unspecified atom stereocenters. The smallest absolute Gasteiger partial charge is 0.233 e. The number of carbonyl (C=O) groups excluding carboxylic acids is 1. The third-order valence-electron chi connectivity index (χ3n) is 6.23. The zero-order valence-electron chi connectivity index (χ0n) is 17.3. The van der Waals surface area contributed by atoms with Crippen LogP contribution in [0.15, 0.2) is 18.5 Å². The number of hydrazine groups is 1. The van der Waals surface area contributed by atoms with Crippen LogP contribution in [0.3, 0.4) is 0 Å². The SMILES string of the molecule is CN(C)[C@H]1CCN(c2ccncc2NC(=O)C2C(N)NN3CC(Cl)CNC23)C[C@@H]1O. The second-order valence-electron chi connectivity index (χ2n) is 8.50. The highest BCUT2D eigenvalue weighted by molar-refractivity contribution is 6.21. The third kappa shape index (κ3) is 4.26. The van der Waals surface area contributed by atoms with Crippen molar-refractivity contribution in [3.8, 4) is 0 Å². The summed E-state index contributed by atoms with van der Waals surface area (Å²) in [6.07, 6.45) is 2.98. The number of hydrogen-bond donors (Lipinski definition) is 5. The molecule has 1 aromatic heterocycles. The molecule has 4 heterocycles. The Morgan fingerprint density at radius 1 is 1.43 bits per heavy atom. The van der Waals surface area contributed by atoms with Gasteiger partial charge in [-0.2, -0.15) is 0 Å². The predicted molar refractivity (Wildman–Crippen MR) is 116 cm³/mol. The molecule has 6 atom stereocenters. The van der Waals surface area contributed by atoms with E-state index in [1.165, 1.54) is 0 Å². The average Bonchev–Trinajstić information content (AvgIpc) is 3.02. The molecule has 1 amide bonds. The summed E-state index contributed by atoms with van der Waals surface area (Å²) >= 11 is 6.21. The largest absolute Gasteiger partial charge is 0.390 e. The van der Waals surface area contributed by atoms with Crippen molar-refractivity contribution in [1.29, 1.82) is 0 Å². The van der Waals surface area contributed by atoms with Crippen LogP contribution in [-0.4, -0.2) is 96.0 Å². The summed E-state index contributed by atoms with van der Waals surface area (Å²) in [5.41, 5.74) is 10.8. The number of nitrogens with one attached hydrogen (secondary N) is 3. The minimum absolute atomic E-state index is 0.0378. The molecule has 10 nitrogen and oxygen atoms in total. The van der Waals surface area contributed by atoms with Gasteiger partial charge in [0.2, 0.25) is 5.91 Å². The lowest BCUT2D eigenvalue weighted by Gasteiger charge is -2.40. The molecular weight excluding hydrogens is 408 g/mol. The van der Waals surface area contributed by atoms with Crippen LogP contribution < -0.4 is 26.7 Å². The topological polar surface area (TPSA) is 122 Å². The van der Waals surface area contributed by atoms with E-state index in [2.05, 4.69) is 30.8 Å². The molecule has 0 aliphatic carbocycles. The number of pyridine rings is 1. The van der Waals surface area contributed by atoms with Crippen molar-refractivity contribution in [2.75, 3.05) is 50.5 Å². The van der Waals surface area contributed by atoms with Gasteiger partial charge < -0.3 is 26.0 Å². The predicted octanol–water partition coefficient (Wildman–Crippen LogP) is -1.22. The molecule has 3 aliphatic heterocycles. The van der Waals surface area contributed by atoms with Crippen molar-refractivity contribution in [1.82, 2.24) is 25.6 Å². The fraction of sp³-hybridized carbons (Fsp3) is 0.684. The Kier molecular flexibility index (Phi) is 6.44. The number of aliphatic hydroxyl groups is 1. The van der Waals surface area contributed by atoms with Crippen LogP contribution in [0.5, 0.6) is 0 Å². The van der Waals surface area contributed by atoms with Gasteiger partial charge in [-0.1, -0.05) is 0 Å². The van der Waals surface area contributed by atoms with Crippen LogP contribution in [-0.2, 0) is 4.79 Å². The van der Waals surface area contributed by atoms with Crippen molar-refractivity contribution in [2.24, 2.45) is 11.7 Å². The molecule has 3 aliphatic rings. The van der Waals surface area contributed by atoms with E-state index in [1.807, 2.05) is 25.2 Å². The highest BCUT2D eigenvalue weighted by Gasteiger charge is 2.46. The second-order valence-corrected chi connectivity index (χ2v) is 9.12. The monoisotopic (exact) mass is 438 g/mol. The molecule has 3 fully saturated rings. The molecule has 0 bridgehead atoms. The molecule has 6 N–H and O–H groups in total. The number of carbonyl (C=O) groups is 1. The maximum atomic E-state index is 13.2. The van der Waals surface area contributed by atoms with Crippen molar-refractivity contribution in [2.45, 2.75) is 36.3 Å². The zero-order chi connectivity index (χ0) is 21.4. The van der Waals surface area contributed by atoms with Gasteiger partial charge in [0, 0.05) is 38.4 Å². The number of alkyl halides is 1. The highest BCUT2D eigenvalue weighted by Crippen LogP contribution is 2.30. The van der Waals surface area contributed by atoms with Gasteiger partial charge in [-0.05, 0) is 26.6 Å². The molecule has 0 radical (unpaired) electrons. The molecule has 0 spiro atoms. The Morgan fingerprint density at radius 3 is 2.97 bits per heavy atom. The average molecular weight is 439 g/mol. The van der Waals surface area contributed by atoms with Crippen LogP contribution >= 0.6 is 11.6 Å². The maximum Gasteiger partial charge on any atom is 0.233 e. The summed E-state index contributed by atoms with van der Waals surface area (Å²) in [6, 6.07) is 1.99. The van der Waals surface area contributed by atoms with Gasteiger partial charge in [0.25, 0.3) is 0 Å². The number of rotatable bonds is 4. The second kappa shape index (κ2) is 8.91. The minimum Gasteiger partial charge on any atom is -0.390 e. The van der Waals surface area contributed by atoms with E-state index in [9.17, 15) is 9.90 Å². The minimum atomic E-state index is -0.512. The summed E-state index contributed by atoms with van der Waals surface area (Å²) < 4.78 is 0. The number of piperidine rings is 1. The first-order valence-electron chi connectivity index (χ1n) is 10.4. The molecule has 1 aromatic rings. The number of nitrogens with zero attached hydrogens (tertiary/aromatic N) is 4. The Bertz CT molecular complexity index is 768. The Hall–Kier alpha value is -1.53. The number of aromatic nitrogens is 1. The molecule has 0 aromatic carbocycles. The van der Waals surface area contributed by atoms with E-state index in [0.29, 0.717) is 25.3 Å². The van der Waals surface area contributed by atoms with Crippen LogP contribution in [0.1, 0.15) is 6.42 Å². The number of β-amino-alcohol motifs (C(OH)–C–C–N with tert-alkyl or cyclic N) is 1. The van der Waals surface area contributed by atoms with E-state index < -0.39 is 18.2 Å². The maximum absolute atomic E-state index is 13.2. The van der Waals surface area contributed by atoms with Crippen LogP contribution in [0.4, 0.5) is 11.4 Å². The Morgan fingerprint density at radius 2 is 2.23 bits per heavy atom. The molecule has 11 heteroatoms. The Balaban J connectivity index is 1.48. The first-order chi connectivity index (χ1) is 14.3. The van der Waals surface area contributed by atoms with E-state index in [-0.39, 0.29) is 23.5 Å². The molecule has 3 saturated heterocycles. The fourth-order valence-corrected chi connectivity index (χ4v) is 4.93. The normalized spacial score (nSPS) is 34.8. The highest BCUT2D eigenvalue weighted by atomic mass is 35.5. The number of aliphatic hydroxyl groups excluding tert-OH is 1. The molecule has 166 valence electrons. The summed E-state index contributed by atoms with van der Waals surface area (Å²) in [4.78, 5) is 21.5.